The van der Waals surface area contributed by atoms with Crippen molar-refractivity contribution in [2.75, 3.05) is 0 Å². The van der Waals surface area contributed by atoms with Gasteiger partial charge in [0.25, 0.3) is 0 Å². The van der Waals surface area contributed by atoms with E-state index in [4.69, 9.17) is 23.2 Å². The van der Waals surface area contributed by atoms with Crippen molar-refractivity contribution in [2.45, 2.75) is 13.3 Å². The van der Waals surface area contributed by atoms with Crippen molar-refractivity contribution in [1.29, 1.82) is 0 Å². The zero-order chi connectivity index (χ0) is 14.3. The summed E-state index contributed by atoms with van der Waals surface area (Å²) in [4.78, 5) is 11.6. The number of amidine groups is 1. The fourth-order valence-corrected chi connectivity index (χ4v) is 1.55. The van der Waals surface area contributed by atoms with Crippen molar-refractivity contribution in [2.24, 2.45) is 10.2 Å². The smallest absolute Gasteiger partial charge is 0.249 e. The highest BCUT2D eigenvalue weighted by Gasteiger charge is 2.01. The molecule has 6 heteroatoms. The lowest BCUT2D eigenvalue weighted by Gasteiger charge is -2.01. The number of rotatable bonds is 4. The first-order chi connectivity index (χ1) is 9.06. The van der Waals surface area contributed by atoms with Gasteiger partial charge in [-0.05, 0) is 23.8 Å². The van der Waals surface area contributed by atoms with Gasteiger partial charge in [0.2, 0.25) is 5.91 Å². The Morgan fingerprint density at radius 3 is 2.74 bits per heavy atom. The van der Waals surface area contributed by atoms with E-state index in [-0.39, 0.29) is 5.91 Å². The molecule has 0 spiro atoms. The lowest BCUT2D eigenvalue weighted by atomic mass is 10.2. The van der Waals surface area contributed by atoms with Crippen LogP contribution in [-0.2, 0) is 4.79 Å². The zero-order valence-corrected chi connectivity index (χ0v) is 11.9. The van der Waals surface area contributed by atoms with Crippen molar-refractivity contribution in [3.8, 4) is 0 Å². The van der Waals surface area contributed by atoms with Gasteiger partial charge < -0.3 is 5.32 Å². The maximum Gasteiger partial charge on any atom is 0.249 e. The van der Waals surface area contributed by atoms with Gasteiger partial charge >= 0.3 is 0 Å². The maximum absolute atomic E-state index is 11.6. The van der Waals surface area contributed by atoms with Gasteiger partial charge in [-0.15, -0.1) is 5.10 Å². The van der Waals surface area contributed by atoms with Crippen LogP contribution in [-0.4, -0.2) is 18.5 Å². The van der Waals surface area contributed by atoms with Crippen molar-refractivity contribution >= 4 is 47.7 Å². The molecule has 0 aliphatic rings. The number of halogens is 2. The van der Waals surface area contributed by atoms with Crippen LogP contribution in [0, 0.1) is 0 Å². The van der Waals surface area contributed by atoms with E-state index in [9.17, 15) is 4.79 Å². The molecule has 4 nitrogen and oxygen atoms in total. The largest absolute Gasteiger partial charge is 0.309 e. The fraction of sp³-hybridized carbons (Fsp3) is 0.154. The Hall–Kier alpha value is -1.65. The number of benzene rings is 1. The van der Waals surface area contributed by atoms with Gasteiger partial charge in [0.1, 0.15) is 5.84 Å². The number of nitrogens with zero attached hydrogens (tertiary/aromatic N) is 2. The molecule has 0 aliphatic heterocycles. The van der Waals surface area contributed by atoms with E-state index in [2.05, 4.69) is 22.2 Å². The number of amides is 1. The van der Waals surface area contributed by atoms with Crippen molar-refractivity contribution in [3.05, 3.63) is 39.9 Å². The molecule has 1 aromatic carbocycles. The van der Waals surface area contributed by atoms with Gasteiger partial charge in [-0.3, -0.25) is 4.79 Å². The maximum atomic E-state index is 11.6. The second-order valence-corrected chi connectivity index (χ2v) is 4.35. The quantitative estimate of drug-likeness (QED) is 0.393. The highest BCUT2D eigenvalue weighted by molar-refractivity contribution is 6.42. The monoisotopic (exact) mass is 297 g/mol. The SMILES string of the molecule is C=N/N=C(\CC)NC(=O)/C=C/c1ccc(Cl)c(Cl)c1. The first kappa shape index (κ1) is 15.4. The van der Waals surface area contributed by atoms with E-state index in [1.165, 1.54) is 6.08 Å². The van der Waals surface area contributed by atoms with Crippen LogP contribution >= 0.6 is 23.2 Å². The van der Waals surface area contributed by atoms with Crippen molar-refractivity contribution < 1.29 is 4.79 Å². The molecule has 0 saturated heterocycles. The molecule has 1 aromatic rings. The topological polar surface area (TPSA) is 53.8 Å². The predicted octanol–water partition coefficient (Wildman–Crippen LogP) is 3.55. The van der Waals surface area contributed by atoms with Crippen molar-refractivity contribution in [3.63, 3.8) is 0 Å². The van der Waals surface area contributed by atoms with Crippen LogP contribution in [0.15, 0.2) is 34.5 Å². The Morgan fingerprint density at radius 2 is 2.16 bits per heavy atom. The molecule has 0 atom stereocenters. The first-order valence-corrected chi connectivity index (χ1v) is 6.29. The summed E-state index contributed by atoms with van der Waals surface area (Å²) in [5, 5.41) is 10.6. The highest BCUT2D eigenvalue weighted by atomic mass is 35.5. The Bertz CT molecular complexity index is 539. The van der Waals surface area contributed by atoms with Gasteiger partial charge in [-0.1, -0.05) is 36.2 Å². The minimum atomic E-state index is -0.296. The van der Waals surface area contributed by atoms with Gasteiger partial charge in [-0.2, -0.15) is 5.10 Å². The summed E-state index contributed by atoms with van der Waals surface area (Å²) in [7, 11) is 0. The van der Waals surface area contributed by atoms with Crippen LogP contribution in [0.25, 0.3) is 6.08 Å². The first-order valence-electron chi connectivity index (χ1n) is 5.53. The second kappa shape index (κ2) is 7.71. The Balaban J connectivity index is 2.70. The summed E-state index contributed by atoms with van der Waals surface area (Å²) in [6.07, 6.45) is 3.57. The summed E-state index contributed by atoms with van der Waals surface area (Å²) in [5.74, 6) is 0.161. The minimum Gasteiger partial charge on any atom is -0.309 e. The molecule has 0 saturated carbocycles. The fourth-order valence-electron chi connectivity index (χ4n) is 1.24. The lowest BCUT2D eigenvalue weighted by Crippen LogP contribution is -2.28. The number of carbonyl (C=O) groups excluding carboxylic acids is 1. The third kappa shape index (κ3) is 5.24. The van der Waals surface area contributed by atoms with Gasteiger partial charge in [0.05, 0.1) is 10.0 Å². The average molecular weight is 298 g/mol. The highest BCUT2D eigenvalue weighted by Crippen LogP contribution is 2.22. The average Bonchev–Trinajstić information content (AvgIpc) is 2.39. The normalized spacial score (nSPS) is 11.6. The third-order valence-corrected chi connectivity index (χ3v) is 2.90. The molecule has 0 bridgehead atoms. The number of hydrogen-bond donors (Lipinski definition) is 1. The molecule has 0 heterocycles. The summed E-state index contributed by atoms with van der Waals surface area (Å²) in [6, 6.07) is 5.11. The van der Waals surface area contributed by atoms with E-state index in [1.54, 1.807) is 24.3 Å². The molecule has 100 valence electrons. The molecule has 0 radical (unpaired) electrons. The lowest BCUT2D eigenvalue weighted by molar-refractivity contribution is -0.115. The Labute approximate surface area is 121 Å². The van der Waals surface area contributed by atoms with Crippen LogP contribution in [0.1, 0.15) is 18.9 Å². The van der Waals surface area contributed by atoms with Crippen LogP contribution < -0.4 is 5.32 Å². The molecule has 0 fully saturated rings. The summed E-state index contributed by atoms with van der Waals surface area (Å²) >= 11 is 11.7. The zero-order valence-electron chi connectivity index (χ0n) is 10.4. The number of carbonyl (C=O) groups is 1. The number of hydrogen-bond acceptors (Lipinski definition) is 3. The van der Waals surface area contributed by atoms with Gasteiger partial charge in [0.15, 0.2) is 0 Å². The molecule has 19 heavy (non-hydrogen) atoms. The molecule has 1 rings (SSSR count). The molecule has 0 aromatic heterocycles. The van der Waals surface area contributed by atoms with Crippen LogP contribution in [0.4, 0.5) is 0 Å². The number of nitrogens with one attached hydrogen (secondary N) is 1. The van der Waals surface area contributed by atoms with E-state index >= 15 is 0 Å². The Morgan fingerprint density at radius 1 is 1.42 bits per heavy atom. The second-order valence-electron chi connectivity index (χ2n) is 3.54. The van der Waals surface area contributed by atoms with Crippen molar-refractivity contribution in [1.82, 2.24) is 5.32 Å². The predicted molar refractivity (Wildman–Crippen MR) is 80.9 cm³/mol. The van der Waals surface area contributed by atoms with E-state index in [0.717, 1.165) is 5.56 Å². The van der Waals surface area contributed by atoms with E-state index < -0.39 is 0 Å². The summed E-state index contributed by atoms with van der Waals surface area (Å²) in [6.45, 7) is 5.09. The molecular weight excluding hydrogens is 285 g/mol. The van der Waals surface area contributed by atoms with E-state index in [1.807, 2.05) is 6.92 Å². The van der Waals surface area contributed by atoms with Crippen LogP contribution in [0.2, 0.25) is 10.0 Å². The van der Waals surface area contributed by atoms with Gasteiger partial charge in [-0.25, -0.2) is 0 Å². The molecule has 0 unspecified atom stereocenters. The van der Waals surface area contributed by atoms with E-state index in [0.29, 0.717) is 22.3 Å². The van der Waals surface area contributed by atoms with Gasteiger partial charge in [0, 0.05) is 19.2 Å². The minimum absolute atomic E-state index is 0.296. The molecule has 1 N–H and O–H groups in total. The Kier molecular flexibility index (Phi) is 6.25. The molecule has 0 aliphatic carbocycles. The van der Waals surface area contributed by atoms with Crippen LogP contribution in [0.3, 0.4) is 0 Å². The summed E-state index contributed by atoms with van der Waals surface area (Å²) in [5.41, 5.74) is 0.779. The molecular formula is C13H13Cl2N3O. The summed E-state index contributed by atoms with van der Waals surface area (Å²) < 4.78 is 0. The van der Waals surface area contributed by atoms with Crippen LogP contribution in [0.5, 0.6) is 0 Å². The molecule has 1 amide bonds. The standard InChI is InChI=1S/C13H13Cl2N3O/c1-3-12(18-16-2)17-13(19)7-5-9-4-6-10(14)11(15)8-9/h4-8H,2-3H2,1H3,(H,17,18,19)/b7-5+. The third-order valence-electron chi connectivity index (χ3n) is 2.16.